The molecule has 108 valence electrons. The normalized spacial score (nSPS) is 17.9. The van der Waals surface area contributed by atoms with Crippen LogP contribution in [0.25, 0.3) is 0 Å². The third-order valence-electron chi connectivity index (χ3n) is 3.76. The van der Waals surface area contributed by atoms with Crippen LogP contribution in [0, 0.1) is 11.8 Å². The summed E-state index contributed by atoms with van der Waals surface area (Å²) in [6.45, 7) is 3.84. The van der Waals surface area contributed by atoms with Crippen molar-refractivity contribution >= 4 is 18.3 Å². The van der Waals surface area contributed by atoms with Gasteiger partial charge in [-0.05, 0) is 32.4 Å². The zero-order valence-electron chi connectivity index (χ0n) is 11.8. The summed E-state index contributed by atoms with van der Waals surface area (Å²) in [5.41, 5.74) is 0. The van der Waals surface area contributed by atoms with Crippen molar-refractivity contribution in [3.05, 3.63) is 0 Å². The number of halogens is 1. The van der Waals surface area contributed by atoms with Crippen molar-refractivity contribution in [3.63, 3.8) is 0 Å². The molecule has 0 heterocycles. The van der Waals surface area contributed by atoms with Crippen molar-refractivity contribution in [2.24, 2.45) is 11.8 Å². The molecule has 1 aliphatic rings. The average Bonchev–Trinajstić information content (AvgIpc) is 2.35. The maximum atomic E-state index is 11.8. The van der Waals surface area contributed by atoms with Crippen LogP contribution < -0.4 is 10.6 Å². The predicted molar refractivity (Wildman–Crippen MR) is 79.2 cm³/mol. The largest absolute Gasteiger partial charge is 0.356 e. The van der Waals surface area contributed by atoms with Gasteiger partial charge >= 0.3 is 0 Å². The van der Waals surface area contributed by atoms with Crippen LogP contribution in [0.4, 0.5) is 0 Å². The van der Waals surface area contributed by atoms with E-state index >= 15 is 0 Å². The highest BCUT2D eigenvalue weighted by molar-refractivity contribution is 5.85. The van der Waals surface area contributed by atoms with Crippen LogP contribution in [-0.2, 0) is 4.79 Å². The Labute approximate surface area is 118 Å². The molecule has 0 aromatic carbocycles. The lowest BCUT2D eigenvalue weighted by atomic mass is 9.83. The Morgan fingerprint density at radius 2 is 1.89 bits per heavy atom. The molecule has 2 N–H and O–H groups in total. The zero-order valence-corrected chi connectivity index (χ0v) is 12.7. The van der Waals surface area contributed by atoms with Gasteiger partial charge in [-0.3, -0.25) is 4.79 Å². The molecule has 1 unspecified atom stereocenters. The number of carbonyl (C=O) groups excluding carboxylic acids is 1. The van der Waals surface area contributed by atoms with Gasteiger partial charge in [0.1, 0.15) is 0 Å². The summed E-state index contributed by atoms with van der Waals surface area (Å²) in [5.74, 6) is 1.22. The fourth-order valence-corrected chi connectivity index (χ4v) is 2.68. The molecule has 1 atom stereocenters. The van der Waals surface area contributed by atoms with E-state index in [0.717, 1.165) is 31.8 Å². The molecule has 4 heteroatoms. The molecule has 0 spiro atoms. The minimum absolute atomic E-state index is 0. The van der Waals surface area contributed by atoms with Crippen LogP contribution in [-0.4, -0.2) is 26.0 Å². The van der Waals surface area contributed by atoms with Crippen LogP contribution in [0.15, 0.2) is 0 Å². The van der Waals surface area contributed by atoms with E-state index < -0.39 is 0 Å². The van der Waals surface area contributed by atoms with Crippen molar-refractivity contribution in [3.8, 4) is 0 Å². The van der Waals surface area contributed by atoms with Crippen molar-refractivity contribution in [2.45, 2.75) is 51.9 Å². The van der Waals surface area contributed by atoms with Crippen molar-refractivity contribution in [2.75, 3.05) is 20.1 Å². The monoisotopic (exact) mass is 276 g/mol. The summed E-state index contributed by atoms with van der Waals surface area (Å²) in [7, 11) is 1.94. The summed E-state index contributed by atoms with van der Waals surface area (Å²) < 4.78 is 0. The Bertz CT molecular complexity index is 218. The first-order chi connectivity index (χ1) is 8.24. The lowest BCUT2D eigenvalue weighted by Crippen LogP contribution is -2.32. The van der Waals surface area contributed by atoms with Crippen molar-refractivity contribution < 1.29 is 4.79 Å². The number of hydrogen-bond acceptors (Lipinski definition) is 2. The molecular formula is C14H29ClN2O. The minimum atomic E-state index is 0. The van der Waals surface area contributed by atoms with Crippen LogP contribution >= 0.6 is 12.4 Å². The Morgan fingerprint density at radius 3 is 2.50 bits per heavy atom. The molecule has 0 aromatic heterocycles. The van der Waals surface area contributed by atoms with E-state index in [4.69, 9.17) is 0 Å². The van der Waals surface area contributed by atoms with Gasteiger partial charge in [0.2, 0.25) is 5.91 Å². The van der Waals surface area contributed by atoms with E-state index in [-0.39, 0.29) is 24.2 Å². The molecule has 1 saturated carbocycles. The topological polar surface area (TPSA) is 41.1 Å². The first-order valence-electron chi connectivity index (χ1n) is 7.16. The number of rotatable bonds is 7. The second-order valence-electron chi connectivity index (χ2n) is 5.39. The Morgan fingerprint density at radius 1 is 1.22 bits per heavy atom. The van der Waals surface area contributed by atoms with Gasteiger partial charge in [0.15, 0.2) is 0 Å². The number of carbonyl (C=O) groups is 1. The highest BCUT2D eigenvalue weighted by atomic mass is 35.5. The van der Waals surface area contributed by atoms with E-state index in [0.29, 0.717) is 0 Å². The summed E-state index contributed by atoms with van der Waals surface area (Å²) in [6.07, 6.45) is 8.87. The molecule has 0 aliphatic heterocycles. The second-order valence-corrected chi connectivity index (χ2v) is 5.39. The van der Waals surface area contributed by atoms with E-state index in [1.54, 1.807) is 0 Å². The average molecular weight is 277 g/mol. The van der Waals surface area contributed by atoms with E-state index in [1.165, 1.54) is 32.1 Å². The number of nitrogens with one attached hydrogen (secondary N) is 2. The standard InChI is InChI=1S/C14H28N2O.ClH/c1-12(11-13-7-4-3-5-8-13)14(17)16-10-6-9-15-2;/h12-13,15H,3-11H2,1-2H3,(H,16,17);1H. The van der Waals surface area contributed by atoms with E-state index in [9.17, 15) is 4.79 Å². The van der Waals surface area contributed by atoms with E-state index in [2.05, 4.69) is 17.6 Å². The Balaban J connectivity index is 0.00000289. The number of hydrogen-bond donors (Lipinski definition) is 2. The van der Waals surface area contributed by atoms with Gasteiger partial charge in [-0.25, -0.2) is 0 Å². The van der Waals surface area contributed by atoms with Crippen LogP contribution in [0.2, 0.25) is 0 Å². The highest BCUT2D eigenvalue weighted by Crippen LogP contribution is 2.28. The van der Waals surface area contributed by atoms with Crippen molar-refractivity contribution in [1.82, 2.24) is 10.6 Å². The maximum Gasteiger partial charge on any atom is 0.222 e. The van der Waals surface area contributed by atoms with Gasteiger partial charge in [0, 0.05) is 12.5 Å². The molecule has 1 rings (SSSR count). The molecule has 0 saturated heterocycles. The van der Waals surface area contributed by atoms with Gasteiger partial charge in [-0.2, -0.15) is 0 Å². The molecule has 1 fully saturated rings. The molecule has 3 nitrogen and oxygen atoms in total. The second kappa shape index (κ2) is 10.6. The van der Waals surface area contributed by atoms with Crippen molar-refractivity contribution in [1.29, 1.82) is 0 Å². The van der Waals surface area contributed by atoms with Gasteiger partial charge in [0.05, 0.1) is 0 Å². The predicted octanol–water partition coefficient (Wildman–Crippen LogP) is 2.74. The van der Waals surface area contributed by atoms with Gasteiger partial charge in [0.25, 0.3) is 0 Å². The Hall–Kier alpha value is -0.280. The quantitative estimate of drug-likeness (QED) is 0.702. The molecule has 0 radical (unpaired) electrons. The van der Waals surface area contributed by atoms with E-state index in [1.807, 2.05) is 7.05 Å². The highest BCUT2D eigenvalue weighted by Gasteiger charge is 2.20. The molecular weight excluding hydrogens is 248 g/mol. The summed E-state index contributed by atoms with van der Waals surface area (Å²) in [4.78, 5) is 11.8. The SMILES string of the molecule is CNCCCNC(=O)C(C)CC1CCCCC1.Cl. The molecule has 0 aromatic rings. The molecule has 18 heavy (non-hydrogen) atoms. The maximum absolute atomic E-state index is 11.8. The fourth-order valence-electron chi connectivity index (χ4n) is 2.68. The van der Waals surface area contributed by atoms with Gasteiger partial charge in [-0.1, -0.05) is 39.0 Å². The molecule has 1 aliphatic carbocycles. The van der Waals surface area contributed by atoms with Crippen LogP contribution in [0.5, 0.6) is 0 Å². The minimum Gasteiger partial charge on any atom is -0.356 e. The Kier molecular flexibility index (Phi) is 10.5. The first kappa shape index (κ1) is 17.7. The van der Waals surface area contributed by atoms with Crippen LogP contribution in [0.3, 0.4) is 0 Å². The summed E-state index contributed by atoms with van der Waals surface area (Å²) in [6, 6.07) is 0. The summed E-state index contributed by atoms with van der Waals surface area (Å²) in [5, 5.41) is 6.11. The van der Waals surface area contributed by atoms with Gasteiger partial charge in [-0.15, -0.1) is 12.4 Å². The van der Waals surface area contributed by atoms with Crippen LogP contribution in [0.1, 0.15) is 51.9 Å². The third-order valence-corrected chi connectivity index (χ3v) is 3.76. The lowest BCUT2D eigenvalue weighted by Gasteiger charge is -2.24. The first-order valence-corrected chi connectivity index (χ1v) is 7.16. The lowest BCUT2D eigenvalue weighted by molar-refractivity contribution is -0.125. The summed E-state index contributed by atoms with van der Waals surface area (Å²) >= 11 is 0. The van der Waals surface area contributed by atoms with Gasteiger partial charge < -0.3 is 10.6 Å². The molecule has 1 amide bonds. The fraction of sp³-hybridized carbons (Fsp3) is 0.929. The zero-order chi connectivity index (χ0) is 12.5. The third kappa shape index (κ3) is 7.22. The number of amides is 1. The smallest absolute Gasteiger partial charge is 0.222 e. The molecule has 0 bridgehead atoms.